The highest BCUT2D eigenvalue weighted by Crippen LogP contribution is 2.46. The number of fused-ring (bicyclic) bond motifs is 6. The van der Waals surface area contributed by atoms with E-state index in [-0.39, 0.29) is 0 Å². The number of nitrogens with zero attached hydrogens (tertiary/aromatic N) is 3. The van der Waals surface area contributed by atoms with Crippen molar-refractivity contribution in [2.75, 3.05) is 0 Å². The van der Waals surface area contributed by atoms with Crippen LogP contribution in [0.3, 0.4) is 0 Å². The Morgan fingerprint density at radius 3 is 1.35 bits per heavy atom. The molecule has 0 radical (unpaired) electrons. The molecule has 0 N–H and O–H groups in total. The van der Waals surface area contributed by atoms with Crippen LogP contribution in [0, 0.1) is 0 Å². The van der Waals surface area contributed by atoms with Gasteiger partial charge in [0, 0.05) is 54.7 Å². The van der Waals surface area contributed by atoms with E-state index in [1.54, 1.807) is 0 Å². The van der Waals surface area contributed by atoms with E-state index in [1.807, 2.05) is 18.2 Å². The van der Waals surface area contributed by atoms with E-state index in [0.717, 1.165) is 111 Å². The quantitative estimate of drug-likeness (QED) is 0.143. The molecule has 69 heavy (non-hydrogen) atoms. The fourth-order valence-corrected chi connectivity index (χ4v) is 9.89. The lowest BCUT2D eigenvalue weighted by atomic mass is 9.89. The number of hydrogen-bond acceptors (Lipinski definition) is 4. The molecule has 3 aromatic heterocycles. The van der Waals surface area contributed by atoms with Gasteiger partial charge in [0.1, 0.15) is 11.2 Å². The lowest BCUT2D eigenvalue weighted by molar-refractivity contribution is 0.669. The summed E-state index contributed by atoms with van der Waals surface area (Å²) < 4.78 is 6.64. The van der Waals surface area contributed by atoms with Crippen molar-refractivity contribution < 1.29 is 4.42 Å². The summed E-state index contributed by atoms with van der Waals surface area (Å²) in [5.74, 6) is 0.677. The van der Waals surface area contributed by atoms with Crippen LogP contribution in [0.5, 0.6) is 0 Å². The number of furan rings is 1. The van der Waals surface area contributed by atoms with Crippen molar-refractivity contribution in [2.45, 2.75) is 0 Å². The third kappa shape index (κ3) is 7.32. The molecule has 0 fully saturated rings. The normalized spacial score (nSPS) is 11.5. The van der Waals surface area contributed by atoms with Crippen LogP contribution < -0.4 is 0 Å². The maximum atomic E-state index is 6.64. The molecular weight excluding hydrogens is 839 g/mol. The van der Waals surface area contributed by atoms with Crippen molar-refractivity contribution in [3.05, 3.63) is 249 Å². The minimum atomic E-state index is 0.677. The van der Waals surface area contributed by atoms with Gasteiger partial charge in [0.05, 0.1) is 22.6 Å². The predicted octanol–water partition coefficient (Wildman–Crippen LogP) is 17.4. The molecule has 13 aromatic rings. The zero-order chi connectivity index (χ0) is 45.7. The molecule has 0 aliphatic rings. The Hall–Kier alpha value is -9.25. The third-order valence-corrected chi connectivity index (χ3v) is 13.3. The van der Waals surface area contributed by atoms with Crippen molar-refractivity contribution in [3.8, 4) is 89.7 Å². The number of benzene rings is 10. The van der Waals surface area contributed by atoms with Crippen molar-refractivity contribution in [1.29, 1.82) is 0 Å². The molecule has 0 saturated carbocycles. The highest BCUT2D eigenvalue weighted by atomic mass is 16.3. The summed E-state index contributed by atoms with van der Waals surface area (Å²) >= 11 is 0. The zero-order valence-electron chi connectivity index (χ0n) is 37.4. The van der Waals surface area contributed by atoms with Gasteiger partial charge in [-0.3, -0.25) is 0 Å². The summed E-state index contributed by atoms with van der Waals surface area (Å²) in [4.78, 5) is 15.8. The van der Waals surface area contributed by atoms with E-state index < -0.39 is 0 Å². The van der Waals surface area contributed by atoms with Crippen LogP contribution in [0.25, 0.3) is 133 Å². The molecule has 0 aliphatic heterocycles. The van der Waals surface area contributed by atoms with Gasteiger partial charge in [-0.05, 0) is 69.3 Å². The largest absolute Gasteiger partial charge is 0.456 e. The summed E-state index contributed by atoms with van der Waals surface area (Å²) in [6, 6.07) is 87.4. The highest BCUT2D eigenvalue weighted by molar-refractivity contribution is 6.27. The van der Waals surface area contributed by atoms with Crippen molar-refractivity contribution in [1.82, 2.24) is 15.0 Å². The second-order valence-corrected chi connectivity index (χ2v) is 17.5. The fourth-order valence-electron chi connectivity index (χ4n) is 9.89. The highest BCUT2D eigenvalue weighted by Gasteiger charge is 2.22. The molecule has 0 amide bonds. The lowest BCUT2D eigenvalue weighted by Gasteiger charge is -2.16. The van der Waals surface area contributed by atoms with Gasteiger partial charge in [0.25, 0.3) is 0 Å². The van der Waals surface area contributed by atoms with E-state index >= 15 is 0 Å². The maximum Gasteiger partial charge on any atom is 0.160 e. The predicted molar refractivity (Wildman–Crippen MR) is 286 cm³/mol. The zero-order valence-corrected chi connectivity index (χ0v) is 37.4. The van der Waals surface area contributed by atoms with Crippen LogP contribution >= 0.6 is 0 Å². The Morgan fingerprint density at radius 1 is 0.261 bits per heavy atom. The summed E-state index contributed by atoms with van der Waals surface area (Å²) in [5.41, 5.74) is 18.5. The number of rotatable bonds is 8. The monoisotopic (exact) mass is 879 g/mol. The molecule has 3 heterocycles. The summed E-state index contributed by atoms with van der Waals surface area (Å²) in [5, 5.41) is 5.54. The first kappa shape index (κ1) is 40.1. The van der Waals surface area contributed by atoms with Gasteiger partial charge in [-0.25, -0.2) is 15.0 Å². The minimum Gasteiger partial charge on any atom is -0.456 e. The Kier molecular flexibility index (Phi) is 9.80. The smallest absolute Gasteiger partial charge is 0.160 e. The molecule has 0 aliphatic carbocycles. The Morgan fingerprint density at radius 2 is 0.725 bits per heavy atom. The number of hydrogen-bond donors (Lipinski definition) is 0. The van der Waals surface area contributed by atoms with Crippen molar-refractivity contribution in [3.63, 3.8) is 0 Å². The standard InChI is InChI=1S/C65H41N3O/c1-4-15-42(16-5-1)44-27-33-47(34-28-44)57-41-58(68-65(67-57)50-37-31-45(32-38-50)43-17-6-2-7-18-43)48-35-29-46(30-36-48)51-21-14-22-52(39-51)64-55-40-60-63(54-24-11-13-26-59(54)69-60)61(49-19-8-3-9-20-49)62(55)53-23-10-12-25-56(53)66-64/h1-41H. The first-order chi connectivity index (χ1) is 34.2. The van der Waals surface area contributed by atoms with E-state index in [9.17, 15) is 0 Å². The van der Waals surface area contributed by atoms with Crippen LogP contribution in [0.1, 0.15) is 0 Å². The van der Waals surface area contributed by atoms with Gasteiger partial charge in [-0.15, -0.1) is 0 Å². The van der Waals surface area contributed by atoms with Crippen molar-refractivity contribution in [2.24, 2.45) is 0 Å². The number of aromatic nitrogens is 3. The van der Waals surface area contributed by atoms with Crippen LogP contribution in [0.2, 0.25) is 0 Å². The molecule has 0 unspecified atom stereocenters. The molecule has 13 rings (SSSR count). The van der Waals surface area contributed by atoms with Gasteiger partial charge in [-0.1, -0.05) is 218 Å². The molecule has 0 atom stereocenters. The Balaban J connectivity index is 0.907. The number of para-hydroxylation sites is 2. The summed E-state index contributed by atoms with van der Waals surface area (Å²) in [6.45, 7) is 0. The summed E-state index contributed by atoms with van der Waals surface area (Å²) in [7, 11) is 0. The van der Waals surface area contributed by atoms with Crippen LogP contribution in [-0.4, -0.2) is 15.0 Å². The minimum absolute atomic E-state index is 0.677. The maximum absolute atomic E-state index is 6.64. The van der Waals surface area contributed by atoms with Gasteiger partial charge in [-0.2, -0.15) is 0 Å². The molecule has 10 aromatic carbocycles. The Bertz CT molecular complexity index is 3910. The molecule has 0 saturated heterocycles. The molecular formula is C65H41N3O. The molecule has 0 bridgehead atoms. The molecule has 0 spiro atoms. The summed E-state index contributed by atoms with van der Waals surface area (Å²) in [6.07, 6.45) is 0. The average Bonchev–Trinajstić information content (AvgIpc) is 3.81. The first-order valence-corrected chi connectivity index (χ1v) is 23.3. The fraction of sp³-hybridized carbons (Fsp3) is 0. The van der Waals surface area contributed by atoms with Crippen molar-refractivity contribution >= 4 is 43.6 Å². The van der Waals surface area contributed by atoms with Crippen LogP contribution in [-0.2, 0) is 0 Å². The van der Waals surface area contributed by atoms with Gasteiger partial charge < -0.3 is 4.42 Å². The average molecular weight is 880 g/mol. The topological polar surface area (TPSA) is 51.8 Å². The molecule has 322 valence electrons. The van der Waals surface area contributed by atoms with Crippen LogP contribution in [0.4, 0.5) is 0 Å². The van der Waals surface area contributed by atoms with E-state index in [2.05, 4.69) is 231 Å². The van der Waals surface area contributed by atoms with E-state index in [1.165, 1.54) is 16.5 Å². The van der Waals surface area contributed by atoms with Gasteiger partial charge in [0.2, 0.25) is 0 Å². The molecule has 4 nitrogen and oxygen atoms in total. The van der Waals surface area contributed by atoms with Crippen LogP contribution in [0.15, 0.2) is 253 Å². The van der Waals surface area contributed by atoms with E-state index in [4.69, 9.17) is 19.4 Å². The number of pyridine rings is 1. The van der Waals surface area contributed by atoms with E-state index in [0.29, 0.717) is 5.82 Å². The Labute approximate surface area is 399 Å². The second-order valence-electron chi connectivity index (χ2n) is 17.5. The molecule has 4 heteroatoms. The lowest BCUT2D eigenvalue weighted by Crippen LogP contribution is -1.96. The third-order valence-electron chi connectivity index (χ3n) is 13.3. The SMILES string of the molecule is c1ccc(-c2ccc(-c3cc(-c4ccc(-c5cccc(-c6nc7ccccc7c7c(-c8ccccc8)c8c(cc67)oc6ccccc68)c5)cc4)nc(-c4ccc(-c5ccccc5)cc4)n3)cc2)cc1. The van der Waals surface area contributed by atoms with Gasteiger partial charge in [0.15, 0.2) is 5.82 Å². The first-order valence-electron chi connectivity index (χ1n) is 23.3. The second kappa shape index (κ2) is 16.9. The van der Waals surface area contributed by atoms with Gasteiger partial charge >= 0.3 is 0 Å².